The summed E-state index contributed by atoms with van der Waals surface area (Å²) in [5, 5.41) is 9.18. The molecule has 0 aliphatic carbocycles. The molecule has 1 aromatic carbocycles. The van der Waals surface area contributed by atoms with Crippen molar-refractivity contribution < 1.29 is 9.84 Å². The minimum absolute atomic E-state index is 0.198. The molecule has 3 N–H and O–H groups in total. The van der Waals surface area contributed by atoms with Crippen LogP contribution in [0.1, 0.15) is 5.56 Å². The number of nitrogen functional groups attached to an aromatic ring is 1. The van der Waals surface area contributed by atoms with Gasteiger partial charge in [-0.15, -0.1) is 0 Å². The van der Waals surface area contributed by atoms with Crippen LogP contribution in [-0.4, -0.2) is 12.2 Å². The van der Waals surface area contributed by atoms with Crippen LogP contribution >= 0.6 is 0 Å². The van der Waals surface area contributed by atoms with Crippen LogP contribution in [0.4, 0.5) is 5.69 Å². The van der Waals surface area contributed by atoms with E-state index < -0.39 is 0 Å². The van der Waals surface area contributed by atoms with Crippen LogP contribution in [-0.2, 0) is 0 Å². The van der Waals surface area contributed by atoms with Gasteiger partial charge in [0.2, 0.25) is 0 Å². The van der Waals surface area contributed by atoms with E-state index in [0.29, 0.717) is 11.4 Å². The number of anilines is 1. The van der Waals surface area contributed by atoms with Gasteiger partial charge in [-0.3, -0.25) is 0 Å². The van der Waals surface area contributed by atoms with Gasteiger partial charge in [0.05, 0.1) is 12.8 Å². The van der Waals surface area contributed by atoms with Crippen LogP contribution in [0.15, 0.2) is 12.1 Å². The first-order chi connectivity index (χ1) is 5.15. The first kappa shape index (κ1) is 7.72. The summed E-state index contributed by atoms with van der Waals surface area (Å²) >= 11 is 0. The third-order valence-corrected chi connectivity index (χ3v) is 1.55. The van der Waals surface area contributed by atoms with Gasteiger partial charge in [0.1, 0.15) is 11.5 Å². The summed E-state index contributed by atoms with van der Waals surface area (Å²) in [6, 6.07) is 3.18. The van der Waals surface area contributed by atoms with E-state index in [2.05, 4.69) is 0 Å². The largest absolute Gasteiger partial charge is 0.508 e. The number of phenols is 1. The maximum absolute atomic E-state index is 9.18. The predicted octanol–water partition coefficient (Wildman–Crippen LogP) is 1.29. The molecule has 0 bridgehead atoms. The number of nitrogens with two attached hydrogens (primary N) is 1. The van der Waals surface area contributed by atoms with Crippen LogP contribution < -0.4 is 10.5 Å². The fourth-order valence-electron chi connectivity index (χ4n) is 0.863. The molecule has 60 valence electrons. The monoisotopic (exact) mass is 153 g/mol. The Morgan fingerprint density at radius 2 is 2.09 bits per heavy atom. The van der Waals surface area contributed by atoms with Gasteiger partial charge in [-0.2, -0.15) is 0 Å². The molecule has 0 radical (unpaired) electrons. The molecular formula is C8H11NO2. The van der Waals surface area contributed by atoms with Gasteiger partial charge in [-0.25, -0.2) is 0 Å². The summed E-state index contributed by atoms with van der Waals surface area (Å²) in [5.74, 6) is 0.795. The molecule has 1 aromatic rings. The fourth-order valence-corrected chi connectivity index (χ4v) is 0.863. The number of rotatable bonds is 1. The second kappa shape index (κ2) is 2.70. The molecule has 0 aromatic heterocycles. The number of ether oxygens (including phenoxy) is 1. The molecule has 0 spiro atoms. The van der Waals surface area contributed by atoms with Crippen molar-refractivity contribution in [1.82, 2.24) is 0 Å². The quantitative estimate of drug-likeness (QED) is 0.598. The van der Waals surface area contributed by atoms with Crippen molar-refractivity contribution in [3.63, 3.8) is 0 Å². The van der Waals surface area contributed by atoms with Gasteiger partial charge in [0.25, 0.3) is 0 Å². The molecule has 0 heterocycles. The van der Waals surface area contributed by atoms with Gasteiger partial charge in [-0.05, 0) is 18.6 Å². The molecule has 0 saturated heterocycles. The third kappa shape index (κ3) is 1.37. The molecule has 11 heavy (non-hydrogen) atoms. The first-order valence-electron chi connectivity index (χ1n) is 3.28. The summed E-state index contributed by atoms with van der Waals surface area (Å²) in [7, 11) is 1.54. The fraction of sp³-hybridized carbons (Fsp3) is 0.250. The third-order valence-electron chi connectivity index (χ3n) is 1.55. The molecule has 3 nitrogen and oxygen atoms in total. The summed E-state index contributed by atoms with van der Waals surface area (Å²) in [5.41, 5.74) is 6.73. The first-order valence-corrected chi connectivity index (χ1v) is 3.28. The van der Waals surface area contributed by atoms with Crippen LogP contribution in [0.3, 0.4) is 0 Å². The highest BCUT2D eigenvalue weighted by Gasteiger charge is 2.02. The number of aromatic hydroxyl groups is 1. The van der Waals surface area contributed by atoms with Crippen molar-refractivity contribution in [3.8, 4) is 11.5 Å². The molecule has 0 amide bonds. The van der Waals surface area contributed by atoms with Crippen LogP contribution in [0, 0.1) is 6.92 Å². The van der Waals surface area contributed by atoms with E-state index in [1.54, 1.807) is 20.1 Å². The molecular weight excluding hydrogens is 142 g/mol. The smallest absolute Gasteiger partial charge is 0.142 e. The van der Waals surface area contributed by atoms with Crippen LogP contribution in [0.2, 0.25) is 0 Å². The standard InChI is InChI=1S/C8H11NO2/c1-5-3-8(11-2)6(9)4-7(5)10/h3-4,10H,9H2,1-2H3. The van der Waals surface area contributed by atoms with Gasteiger partial charge >= 0.3 is 0 Å². The molecule has 0 saturated carbocycles. The summed E-state index contributed by atoms with van der Waals surface area (Å²) in [6.07, 6.45) is 0. The number of hydrogen-bond acceptors (Lipinski definition) is 3. The Morgan fingerprint density at radius 3 is 2.64 bits per heavy atom. The lowest BCUT2D eigenvalue weighted by Crippen LogP contribution is -1.92. The van der Waals surface area contributed by atoms with Crippen molar-refractivity contribution in [2.45, 2.75) is 6.92 Å². The second-order valence-corrected chi connectivity index (χ2v) is 2.38. The molecule has 0 atom stereocenters. The van der Waals surface area contributed by atoms with Crippen molar-refractivity contribution in [1.29, 1.82) is 0 Å². The SMILES string of the molecule is COc1cc(C)c(O)cc1N. The molecule has 0 aliphatic rings. The summed E-state index contributed by atoms with van der Waals surface area (Å²) in [4.78, 5) is 0. The minimum Gasteiger partial charge on any atom is -0.508 e. The van der Waals surface area contributed by atoms with Crippen molar-refractivity contribution in [2.75, 3.05) is 12.8 Å². The Bertz CT molecular complexity index is 271. The molecule has 1 rings (SSSR count). The molecule has 3 heteroatoms. The van der Waals surface area contributed by atoms with Crippen LogP contribution in [0.5, 0.6) is 11.5 Å². The van der Waals surface area contributed by atoms with Gasteiger partial charge < -0.3 is 15.6 Å². The summed E-state index contributed by atoms with van der Waals surface area (Å²) in [6.45, 7) is 1.79. The number of methoxy groups -OCH3 is 1. The van der Waals surface area contributed by atoms with E-state index in [9.17, 15) is 5.11 Å². The lowest BCUT2D eigenvalue weighted by molar-refractivity contribution is 0.414. The van der Waals surface area contributed by atoms with Crippen molar-refractivity contribution in [2.24, 2.45) is 0 Å². The Morgan fingerprint density at radius 1 is 1.45 bits per heavy atom. The topological polar surface area (TPSA) is 55.5 Å². The predicted molar refractivity (Wildman–Crippen MR) is 43.8 cm³/mol. The van der Waals surface area contributed by atoms with Crippen LogP contribution in [0.25, 0.3) is 0 Å². The zero-order chi connectivity index (χ0) is 8.43. The molecule has 0 aliphatic heterocycles. The minimum atomic E-state index is 0.198. The van der Waals surface area contributed by atoms with E-state index in [1.807, 2.05) is 0 Å². The Balaban J connectivity index is 3.21. The van der Waals surface area contributed by atoms with E-state index in [4.69, 9.17) is 10.5 Å². The highest BCUT2D eigenvalue weighted by molar-refractivity contribution is 5.58. The lowest BCUT2D eigenvalue weighted by Gasteiger charge is -2.06. The van der Waals surface area contributed by atoms with E-state index in [-0.39, 0.29) is 5.75 Å². The Hall–Kier alpha value is -1.38. The number of benzene rings is 1. The normalized spacial score (nSPS) is 9.64. The maximum atomic E-state index is 9.18. The number of hydrogen-bond donors (Lipinski definition) is 2. The molecule has 0 unspecified atom stereocenters. The van der Waals surface area contributed by atoms with E-state index >= 15 is 0 Å². The molecule has 0 fully saturated rings. The second-order valence-electron chi connectivity index (χ2n) is 2.38. The maximum Gasteiger partial charge on any atom is 0.142 e. The summed E-state index contributed by atoms with van der Waals surface area (Å²) < 4.78 is 4.94. The highest BCUT2D eigenvalue weighted by atomic mass is 16.5. The average Bonchev–Trinajstić information content (AvgIpc) is 1.97. The highest BCUT2D eigenvalue weighted by Crippen LogP contribution is 2.28. The van der Waals surface area contributed by atoms with Gasteiger partial charge in [0, 0.05) is 6.07 Å². The van der Waals surface area contributed by atoms with Crippen molar-refractivity contribution in [3.05, 3.63) is 17.7 Å². The Kier molecular flexibility index (Phi) is 1.89. The van der Waals surface area contributed by atoms with E-state index in [1.165, 1.54) is 6.07 Å². The van der Waals surface area contributed by atoms with Gasteiger partial charge in [0.15, 0.2) is 0 Å². The average molecular weight is 153 g/mol. The number of aryl methyl sites for hydroxylation is 1. The van der Waals surface area contributed by atoms with E-state index in [0.717, 1.165) is 5.56 Å². The zero-order valence-electron chi connectivity index (χ0n) is 6.59. The van der Waals surface area contributed by atoms with Crippen molar-refractivity contribution >= 4 is 5.69 Å². The lowest BCUT2D eigenvalue weighted by atomic mass is 10.2. The van der Waals surface area contributed by atoms with Gasteiger partial charge in [-0.1, -0.05) is 0 Å². The zero-order valence-corrected chi connectivity index (χ0v) is 6.59. The Labute approximate surface area is 65.4 Å². The number of phenolic OH excluding ortho intramolecular Hbond substituents is 1.